The summed E-state index contributed by atoms with van der Waals surface area (Å²) in [6, 6.07) is 8.86. The number of hydrogen-bond acceptors (Lipinski definition) is 3. The second kappa shape index (κ2) is 8.33. The first-order valence-electron chi connectivity index (χ1n) is 8.45. The van der Waals surface area contributed by atoms with Crippen molar-refractivity contribution in [3.63, 3.8) is 0 Å². The van der Waals surface area contributed by atoms with E-state index in [0.717, 1.165) is 18.7 Å². The monoisotopic (exact) mass is 347 g/mol. The van der Waals surface area contributed by atoms with Crippen LogP contribution in [0.5, 0.6) is 0 Å². The summed E-state index contributed by atoms with van der Waals surface area (Å²) in [5.74, 6) is 1.02. The van der Waals surface area contributed by atoms with E-state index in [1.807, 2.05) is 10.7 Å². The van der Waals surface area contributed by atoms with Crippen molar-refractivity contribution in [3.05, 3.63) is 42.3 Å². The van der Waals surface area contributed by atoms with Crippen LogP contribution < -0.4 is 5.32 Å². The highest BCUT2D eigenvalue weighted by Gasteiger charge is 2.19. The highest BCUT2D eigenvalue weighted by Crippen LogP contribution is 2.30. The lowest BCUT2D eigenvalue weighted by Gasteiger charge is -2.23. The maximum absolute atomic E-state index is 13.5. The molecule has 6 heteroatoms. The van der Waals surface area contributed by atoms with E-state index in [1.54, 1.807) is 24.4 Å². The third-order valence-corrected chi connectivity index (χ3v) is 5.33. The number of carbonyl (C=O) groups excluding carboxylic acids is 1. The van der Waals surface area contributed by atoms with E-state index < -0.39 is 0 Å². The molecule has 0 atom stereocenters. The van der Waals surface area contributed by atoms with Gasteiger partial charge in [0, 0.05) is 23.1 Å². The van der Waals surface area contributed by atoms with Crippen molar-refractivity contribution in [1.29, 1.82) is 0 Å². The Balaban J connectivity index is 1.50. The summed E-state index contributed by atoms with van der Waals surface area (Å²) in [7, 11) is 0. The molecule has 3 rings (SSSR count). The first kappa shape index (κ1) is 17.0. The third kappa shape index (κ3) is 4.38. The first-order chi connectivity index (χ1) is 11.7. The highest BCUT2D eigenvalue weighted by molar-refractivity contribution is 7.99. The van der Waals surface area contributed by atoms with Crippen molar-refractivity contribution >= 4 is 23.5 Å². The molecule has 1 aliphatic rings. The molecule has 1 N–H and O–H groups in total. The van der Waals surface area contributed by atoms with Gasteiger partial charge in [-0.05, 0) is 25.0 Å². The van der Waals surface area contributed by atoms with Gasteiger partial charge in [-0.2, -0.15) is 5.10 Å². The van der Waals surface area contributed by atoms with E-state index >= 15 is 0 Å². The van der Waals surface area contributed by atoms with Crippen LogP contribution >= 0.6 is 11.8 Å². The molecule has 1 fully saturated rings. The molecule has 128 valence electrons. The number of amides is 1. The molecule has 2 aromatic rings. The van der Waals surface area contributed by atoms with Gasteiger partial charge in [0.05, 0.1) is 12.2 Å². The van der Waals surface area contributed by atoms with Crippen molar-refractivity contribution < 1.29 is 9.18 Å². The van der Waals surface area contributed by atoms with Gasteiger partial charge in [-0.25, -0.2) is 9.07 Å². The van der Waals surface area contributed by atoms with Crippen LogP contribution in [-0.4, -0.2) is 21.4 Å². The lowest BCUT2D eigenvalue weighted by Crippen LogP contribution is -2.20. The lowest BCUT2D eigenvalue weighted by atomic mass is 9.96. The van der Waals surface area contributed by atoms with E-state index in [4.69, 9.17) is 0 Å². The van der Waals surface area contributed by atoms with Gasteiger partial charge in [0.2, 0.25) is 5.91 Å². The SMILES string of the molecule is O=C(CCSc1ccccc1F)Nc1ccnn1C1CCCCC1. The second-order valence-electron chi connectivity index (χ2n) is 6.03. The molecule has 0 bridgehead atoms. The molecule has 0 spiro atoms. The number of halogens is 1. The van der Waals surface area contributed by atoms with Crippen LogP contribution in [0, 0.1) is 5.82 Å². The third-order valence-electron chi connectivity index (χ3n) is 4.28. The summed E-state index contributed by atoms with van der Waals surface area (Å²) in [6.07, 6.45) is 8.04. The number of nitrogens with one attached hydrogen (secondary N) is 1. The lowest BCUT2D eigenvalue weighted by molar-refractivity contribution is -0.115. The fourth-order valence-electron chi connectivity index (χ4n) is 3.05. The highest BCUT2D eigenvalue weighted by atomic mass is 32.2. The minimum atomic E-state index is -0.238. The molecule has 1 amide bonds. The van der Waals surface area contributed by atoms with E-state index in [1.165, 1.54) is 37.1 Å². The van der Waals surface area contributed by atoms with Crippen molar-refractivity contribution in [2.24, 2.45) is 0 Å². The predicted octanol–water partition coefficient (Wildman–Crippen LogP) is 4.65. The van der Waals surface area contributed by atoms with Crippen LogP contribution in [0.25, 0.3) is 0 Å². The second-order valence-corrected chi connectivity index (χ2v) is 7.17. The smallest absolute Gasteiger partial charge is 0.226 e. The van der Waals surface area contributed by atoms with Gasteiger partial charge in [-0.3, -0.25) is 4.79 Å². The quantitative estimate of drug-likeness (QED) is 0.774. The number of hydrogen-bond donors (Lipinski definition) is 1. The molecule has 1 aliphatic carbocycles. The van der Waals surface area contributed by atoms with E-state index in [9.17, 15) is 9.18 Å². The average molecular weight is 347 g/mol. The van der Waals surface area contributed by atoms with Crippen LogP contribution in [0.3, 0.4) is 0 Å². The zero-order valence-electron chi connectivity index (χ0n) is 13.6. The van der Waals surface area contributed by atoms with Gasteiger partial charge in [-0.1, -0.05) is 31.4 Å². The Morgan fingerprint density at radius 1 is 1.25 bits per heavy atom. The van der Waals surface area contributed by atoms with Crippen LogP contribution in [0.1, 0.15) is 44.6 Å². The number of anilines is 1. The molecule has 0 unspecified atom stereocenters. The molecular weight excluding hydrogens is 325 g/mol. The van der Waals surface area contributed by atoms with Crippen LogP contribution in [0.4, 0.5) is 10.2 Å². The van der Waals surface area contributed by atoms with Crippen molar-refractivity contribution in [2.75, 3.05) is 11.1 Å². The number of benzene rings is 1. The van der Waals surface area contributed by atoms with Crippen molar-refractivity contribution in [1.82, 2.24) is 9.78 Å². The summed E-state index contributed by atoms with van der Waals surface area (Å²) >= 11 is 1.36. The average Bonchev–Trinajstić information content (AvgIpc) is 3.05. The molecule has 1 aromatic heterocycles. The zero-order valence-corrected chi connectivity index (χ0v) is 14.4. The first-order valence-corrected chi connectivity index (χ1v) is 9.43. The van der Waals surface area contributed by atoms with Gasteiger partial charge in [-0.15, -0.1) is 11.8 Å². The molecule has 24 heavy (non-hydrogen) atoms. The number of carbonyl (C=O) groups is 1. The Kier molecular flexibility index (Phi) is 5.91. The summed E-state index contributed by atoms with van der Waals surface area (Å²) in [4.78, 5) is 12.7. The van der Waals surface area contributed by atoms with Crippen molar-refractivity contribution in [2.45, 2.75) is 49.5 Å². The number of aromatic nitrogens is 2. The molecular formula is C18H22FN3OS. The number of nitrogens with zero attached hydrogens (tertiary/aromatic N) is 2. The largest absolute Gasteiger partial charge is 0.311 e. The van der Waals surface area contributed by atoms with Crippen LogP contribution in [0.15, 0.2) is 41.4 Å². The van der Waals surface area contributed by atoms with E-state index in [0.29, 0.717) is 23.1 Å². The standard InChI is InChI=1S/C18H22FN3OS/c19-15-8-4-5-9-16(15)24-13-11-18(23)21-17-10-12-20-22(17)14-6-2-1-3-7-14/h4-5,8-10,12,14H,1-3,6-7,11,13H2,(H,21,23). The van der Waals surface area contributed by atoms with Crippen LogP contribution in [0.2, 0.25) is 0 Å². The minimum Gasteiger partial charge on any atom is -0.311 e. The number of thioether (sulfide) groups is 1. The Hall–Kier alpha value is -1.82. The van der Waals surface area contributed by atoms with Gasteiger partial charge >= 0.3 is 0 Å². The summed E-state index contributed by atoms with van der Waals surface area (Å²) in [6.45, 7) is 0. The fraction of sp³-hybridized carbons (Fsp3) is 0.444. The molecule has 0 saturated heterocycles. The molecule has 1 saturated carbocycles. The molecule has 0 aliphatic heterocycles. The Morgan fingerprint density at radius 2 is 2.04 bits per heavy atom. The van der Waals surface area contributed by atoms with E-state index in [-0.39, 0.29) is 11.7 Å². The predicted molar refractivity (Wildman–Crippen MR) is 94.7 cm³/mol. The minimum absolute atomic E-state index is 0.0589. The fourth-order valence-corrected chi connectivity index (χ4v) is 3.94. The normalized spacial score (nSPS) is 15.4. The maximum Gasteiger partial charge on any atom is 0.226 e. The maximum atomic E-state index is 13.5. The topological polar surface area (TPSA) is 46.9 Å². The van der Waals surface area contributed by atoms with Gasteiger partial charge in [0.25, 0.3) is 0 Å². The summed E-state index contributed by atoms with van der Waals surface area (Å²) < 4.78 is 15.5. The van der Waals surface area contributed by atoms with Crippen molar-refractivity contribution in [3.8, 4) is 0 Å². The Bertz CT molecular complexity index is 682. The molecule has 1 aromatic carbocycles. The Labute approximate surface area is 145 Å². The van der Waals surface area contributed by atoms with E-state index in [2.05, 4.69) is 10.4 Å². The zero-order chi connectivity index (χ0) is 16.8. The van der Waals surface area contributed by atoms with Gasteiger partial charge < -0.3 is 5.32 Å². The molecule has 4 nitrogen and oxygen atoms in total. The number of rotatable bonds is 6. The van der Waals surface area contributed by atoms with Gasteiger partial charge in [0.1, 0.15) is 11.6 Å². The molecule has 1 heterocycles. The summed E-state index contributed by atoms with van der Waals surface area (Å²) in [5.41, 5.74) is 0. The van der Waals surface area contributed by atoms with Crippen LogP contribution in [-0.2, 0) is 4.79 Å². The Morgan fingerprint density at radius 3 is 2.83 bits per heavy atom. The summed E-state index contributed by atoms with van der Waals surface area (Å²) in [5, 5.41) is 7.32. The molecule has 0 radical (unpaired) electrons. The van der Waals surface area contributed by atoms with Gasteiger partial charge in [0.15, 0.2) is 0 Å².